The molecular weight excluding hydrogens is 270 g/mol. The molecule has 1 fully saturated rings. The highest BCUT2D eigenvalue weighted by atomic mass is 16.6. The normalized spacial score (nSPS) is 24.8. The number of hydrogen-bond acceptors (Lipinski definition) is 3. The van der Waals surface area contributed by atoms with Gasteiger partial charge in [0.2, 0.25) is 0 Å². The predicted molar refractivity (Wildman–Crippen MR) is 78.2 cm³/mol. The summed E-state index contributed by atoms with van der Waals surface area (Å²) in [5.41, 5.74) is -1.01. The Hall–Kier alpha value is -2.04. The summed E-state index contributed by atoms with van der Waals surface area (Å²) < 4.78 is 5.19. The fraction of sp³-hybridized carbons (Fsp3) is 0.500. The first kappa shape index (κ1) is 15.4. The van der Waals surface area contributed by atoms with E-state index in [0.29, 0.717) is 6.42 Å². The molecule has 0 spiro atoms. The zero-order chi connectivity index (χ0) is 15.7. The van der Waals surface area contributed by atoms with E-state index in [0.717, 1.165) is 12.0 Å². The monoisotopic (exact) mass is 291 g/mol. The third kappa shape index (κ3) is 3.17. The topological polar surface area (TPSA) is 75.6 Å². The summed E-state index contributed by atoms with van der Waals surface area (Å²) in [5.74, 6) is -1.25. The molecule has 114 valence electrons. The SMILES string of the molecule is CC(C)(C)OC(=O)N[C@]1(C(=O)O)CC[C@H]1c1ccccc1. The van der Waals surface area contributed by atoms with Gasteiger partial charge in [-0.15, -0.1) is 0 Å². The molecule has 0 bridgehead atoms. The van der Waals surface area contributed by atoms with E-state index >= 15 is 0 Å². The van der Waals surface area contributed by atoms with Gasteiger partial charge in [0.05, 0.1) is 0 Å². The molecule has 0 heterocycles. The van der Waals surface area contributed by atoms with Crippen LogP contribution in [-0.4, -0.2) is 28.3 Å². The Bertz CT molecular complexity index is 535. The number of carbonyl (C=O) groups excluding carboxylic acids is 1. The van der Waals surface area contributed by atoms with Gasteiger partial charge in [-0.25, -0.2) is 9.59 Å². The Morgan fingerprint density at radius 3 is 2.33 bits per heavy atom. The fourth-order valence-electron chi connectivity index (χ4n) is 2.66. The third-order valence-electron chi connectivity index (χ3n) is 3.73. The van der Waals surface area contributed by atoms with Crippen molar-refractivity contribution in [3.63, 3.8) is 0 Å². The zero-order valence-electron chi connectivity index (χ0n) is 12.6. The van der Waals surface area contributed by atoms with E-state index in [1.54, 1.807) is 20.8 Å². The molecule has 0 radical (unpaired) electrons. The average Bonchev–Trinajstić information content (AvgIpc) is 2.33. The van der Waals surface area contributed by atoms with Crippen LogP contribution in [0.4, 0.5) is 4.79 Å². The Labute approximate surface area is 124 Å². The fourth-order valence-corrected chi connectivity index (χ4v) is 2.66. The van der Waals surface area contributed by atoms with Crippen molar-refractivity contribution in [2.75, 3.05) is 0 Å². The molecule has 21 heavy (non-hydrogen) atoms. The van der Waals surface area contributed by atoms with Crippen LogP contribution in [0.1, 0.15) is 45.1 Å². The molecule has 2 atom stereocenters. The molecule has 1 aromatic carbocycles. The summed E-state index contributed by atoms with van der Waals surface area (Å²) in [6.45, 7) is 5.24. The van der Waals surface area contributed by atoms with Crippen LogP contribution in [0.15, 0.2) is 30.3 Å². The van der Waals surface area contributed by atoms with Crippen LogP contribution >= 0.6 is 0 Å². The largest absolute Gasteiger partial charge is 0.479 e. The number of amides is 1. The molecule has 0 aliphatic heterocycles. The van der Waals surface area contributed by atoms with Crippen molar-refractivity contribution >= 4 is 12.1 Å². The number of benzene rings is 1. The Morgan fingerprint density at radius 2 is 1.90 bits per heavy atom. The second kappa shape index (κ2) is 5.39. The molecule has 1 saturated carbocycles. The lowest BCUT2D eigenvalue weighted by atomic mass is 9.63. The average molecular weight is 291 g/mol. The lowest BCUT2D eigenvalue weighted by molar-refractivity contribution is -0.150. The summed E-state index contributed by atoms with van der Waals surface area (Å²) in [6, 6.07) is 9.39. The Balaban J connectivity index is 2.19. The van der Waals surface area contributed by atoms with E-state index in [9.17, 15) is 14.7 Å². The van der Waals surface area contributed by atoms with Crippen molar-refractivity contribution in [1.82, 2.24) is 5.32 Å². The number of aliphatic carboxylic acids is 1. The second-order valence-electron chi connectivity index (χ2n) is 6.41. The molecule has 0 aromatic heterocycles. The highest BCUT2D eigenvalue weighted by molar-refractivity contribution is 5.87. The predicted octanol–water partition coefficient (Wildman–Crippen LogP) is 2.91. The summed E-state index contributed by atoms with van der Waals surface area (Å²) in [5, 5.41) is 12.2. The number of ether oxygens (including phenoxy) is 1. The van der Waals surface area contributed by atoms with E-state index in [4.69, 9.17) is 4.74 Å². The van der Waals surface area contributed by atoms with Crippen molar-refractivity contribution in [3.8, 4) is 0 Å². The van der Waals surface area contributed by atoms with Crippen LogP contribution in [-0.2, 0) is 9.53 Å². The summed E-state index contributed by atoms with van der Waals surface area (Å²) in [4.78, 5) is 23.7. The minimum atomic E-state index is -1.27. The van der Waals surface area contributed by atoms with Gasteiger partial charge in [-0.3, -0.25) is 0 Å². The maximum atomic E-state index is 12.0. The van der Waals surface area contributed by atoms with E-state index in [2.05, 4.69) is 5.32 Å². The first-order chi connectivity index (χ1) is 9.74. The number of alkyl carbamates (subject to hydrolysis) is 1. The molecule has 2 N–H and O–H groups in total. The van der Waals surface area contributed by atoms with Crippen LogP contribution in [0, 0.1) is 0 Å². The van der Waals surface area contributed by atoms with E-state index < -0.39 is 23.2 Å². The number of carbonyl (C=O) groups is 2. The van der Waals surface area contributed by atoms with Crippen molar-refractivity contribution < 1.29 is 19.4 Å². The quantitative estimate of drug-likeness (QED) is 0.897. The van der Waals surface area contributed by atoms with E-state index in [1.807, 2.05) is 30.3 Å². The van der Waals surface area contributed by atoms with Crippen LogP contribution in [0.3, 0.4) is 0 Å². The minimum Gasteiger partial charge on any atom is -0.479 e. The van der Waals surface area contributed by atoms with Gasteiger partial charge in [0.25, 0.3) is 0 Å². The maximum Gasteiger partial charge on any atom is 0.408 e. The molecule has 5 nitrogen and oxygen atoms in total. The van der Waals surface area contributed by atoms with Crippen LogP contribution < -0.4 is 5.32 Å². The molecule has 2 rings (SSSR count). The van der Waals surface area contributed by atoms with Gasteiger partial charge in [-0.2, -0.15) is 0 Å². The molecule has 0 saturated heterocycles. The Kier molecular flexibility index (Phi) is 3.94. The lowest BCUT2D eigenvalue weighted by Gasteiger charge is -2.46. The van der Waals surface area contributed by atoms with Crippen molar-refractivity contribution in [3.05, 3.63) is 35.9 Å². The van der Waals surface area contributed by atoms with Gasteiger partial charge in [-0.05, 0) is 39.2 Å². The first-order valence-electron chi connectivity index (χ1n) is 7.04. The summed E-state index contributed by atoms with van der Waals surface area (Å²) in [7, 11) is 0. The highest BCUT2D eigenvalue weighted by Crippen LogP contribution is 2.46. The molecule has 1 amide bonds. The molecule has 0 unspecified atom stereocenters. The van der Waals surface area contributed by atoms with Gasteiger partial charge in [-0.1, -0.05) is 30.3 Å². The maximum absolute atomic E-state index is 12.0. The number of hydrogen-bond donors (Lipinski definition) is 2. The van der Waals surface area contributed by atoms with Gasteiger partial charge in [0, 0.05) is 5.92 Å². The molecular formula is C16H21NO4. The Morgan fingerprint density at radius 1 is 1.29 bits per heavy atom. The molecule has 1 aliphatic rings. The standard InChI is InChI=1S/C16H21NO4/c1-15(2,3)21-14(20)17-16(13(18)19)10-9-12(16)11-7-5-4-6-8-11/h4-8,12H,9-10H2,1-3H3,(H,17,20)(H,18,19)/t12-,16+/m0/s1. The zero-order valence-corrected chi connectivity index (χ0v) is 12.6. The smallest absolute Gasteiger partial charge is 0.408 e. The van der Waals surface area contributed by atoms with Gasteiger partial charge >= 0.3 is 12.1 Å². The number of carboxylic acid groups (broad SMARTS) is 1. The van der Waals surface area contributed by atoms with Crippen LogP contribution in [0.5, 0.6) is 0 Å². The van der Waals surface area contributed by atoms with Gasteiger partial charge in [0.15, 0.2) is 0 Å². The number of nitrogens with one attached hydrogen (secondary N) is 1. The first-order valence-corrected chi connectivity index (χ1v) is 7.04. The molecule has 1 aromatic rings. The van der Waals surface area contributed by atoms with Gasteiger partial charge < -0.3 is 15.2 Å². The van der Waals surface area contributed by atoms with E-state index in [-0.39, 0.29) is 5.92 Å². The van der Waals surface area contributed by atoms with Crippen molar-refractivity contribution in [1.29, 1.82) is 0 Å². The lowest BCUT2D eigenvalue weighted by Crippen LogP contribution is -2.64. The van der Waals surface area contributed by atoms with Gasteiger partial charge in [0.1, 0.15) is 11.1 Å². The minimum absolute atomic E-state index is 0.233. The van der Waals surface area contributed by atoms with Crippen molar-refractivity contribution in [2.24, 2.45) is 0 Å². The summed E-state index contributed by atoms with van der Waals surface area (Å²) in [6.07, 6.45) is 0.443. The number of carboxylic acids is 1. The molecule has 5 heteroatoms. The van der Waals surface area contributed by atoms with Crippen LogP contribution in [0.25, 0.3) is 0 Å². The highest BCUT2D eigenvalue weighted by Gasteiger charge is 2.55. The second-order valence-corrected chi connectivity index (χ2v) is 6.41. The summed E-state index contributed by atoms with van der Waals surface area (Å²) >= 11 is 0. The van der Waals surface area contributed by atoms with Crippen molar-refractivity contribution in [2.45, 2.75) is 50.7 Å². The molecule has 1 aliphatic carbocycles. The third-order valence-corrected chi connectivity index (χ3v) is 3.73. The number of rotatable bonds is 3. The van der Waals surface area contributed by atoms with E-state index in [1.165, 1.54) is 0 Å². The van der Waals surface area contributed by atoms with Crippen LogP contribution in [0.2, 0.25) is 0 Å².